The van der Waals surface area contributed by atoms with Crippen LogP contribution in [0, 0.1) is 6.92 Å². The summed E-state index contributed by atoms with van der Waals surface area (Å²) >= 11 is 0.274. The molecule has 0 radical (unpaired) electrons. The van der Waals surface area contributed by atoms with Crippen molar-refractivity contribution in [3.8, 4) is 5.75 Å². The molecule has 0 atom stereocenters. The number of aryl methyl sites for hydroxylation is 1. The summed E-state index contributed by atoms with van der Waals surface area (Å²) < 4.78 is 10.8. The molecule has 2 nitrogen and oxygen atoms in total. The van der Waals surface area contributed by atoms with Crippen molar-refractivity contribution >= 4 is 24.4 Å². The van der Waals surface area contributed by atoms with Gasteiger partial charge in [0, 0.05) is 0 Å². The van der Waals surface area contributed by atoms with E-state index in [0.29, 0.717) is 0 Å². The standard InChI is InChI=1S/C9H9NOSe/c1-6-3-7-5-10-12-9(7)4-8(6)11-2/h3-5H,1-2H3. The Labute approximate surface area is 77.2 Å². The van der Waals surface area contributed by atoms with Gasteiger partial charge in [0.05, 0.1) is 0 Å². The van der Waals surface area contributed by atoms with Gasteiger partial charge in [-0.05, 0) is 0 Å². The molecule has 12 heavy (non-hydrogen) atoms. The van der Waals surface area contributed by atoms with Crippen molar-refractivity contribution in [3.63, 3.8) is 0 Å². The molecule has 0 aliphatic heterocycles. The van der Waals surface area contributed by atoms with Crippen LogP contribution in [0.5, 0.6) is 5.75 Å². The molecule has 0 bridgehead atoms. The fourth-order valence-electron chi connectivity index (χ4n) is 1.23. The van der Waals surface area contributed by atoms with Crippen LogP contribution in [0.15, 0.2) is 18.3 Å². The third kappa shape index (κ3) is 1.15. The second-order valence-corrected chi connectivity index (χ2v) is 4.43. The van der Waals surface area contributed by atoms with Crippen molar-refractivity contribution in [1.29, 1.82) is 0 Å². The fraction of sp³-hybridized carbons (Fsp3) is 0.222. The van der Waals surface area contributed by atoms with Crippen molar-refractivity contribution in [2.45, 2.75) is 6.92 Å². The molecule has 0 saturated heterocycles. The Morgan fingerprint density at radius 2 is 2.25 bits per heavy atom. The van der Waals surface area contributed by atoms with Gasteiger partial charge in [-0.25, -0.2) is 0 Å². The monoisotopic (exact) mass is 227 g/mol. The SMILES string of the molecule is COc1cc2[se]ncc2cc1C. The Morgan fingerprint density at radius 3 is 3.00 bits per heavy atom. The van der Waals surface area contributed by atoms with Gasteiger partial charge in [0.25, 0.3) is 0 Å². The van der Waals surface area contributed by atoms with Crippen LogP contribution in [0.1, 0.15) is 5.56 Å². The van der Waals surface area contributed by atoms with Crippen molar-refractivity contribution in [2.24, 2.45) is 0 Å². The van der Waals surface area contributed by atoms with Crippen LogP contribution in [-0.2, 0) is 0 Å². The minimum absolute atomic E-state index is 0.274. The molecule has 62 valence electrons. The van der Waals surface area contributed by atoms with Crippen LogP contribution in [0.3, 0.4) is 0 Å². The average Bonchev–Trinajstić information content (AvgIpc) is 2.49. The molecular weight excluding hydrogens is 217 g/mol. The van der Waals surface area contributed by atoms with Gasteiger partial charge < -0.3 is 0 Å². The van der Waals surface area contributed by atoms with Gasteiger partial charge in [0.15, 0.2) is 0 Å². The van der Waals surface area contributed by atoms with Gasteiger partial charge >= 0.3 is 76.8 Å². The van der Waals surface area contributed by atoms with E-state index in [9.17, 15) is 0 Å². The van der Waals surface area contributed by atoms with Crippen LogP contribution in [-0.4, -0.2) is 25.8 Å². The Bertz CT molecular complexity index is 408. The van der Waals surface area contributed by atoms with E-state index >= 15 is 0 Å². The predicted molar refractivity (Wildman–Crippen MR) is 50.0 cm³/mol. The normalized spacial score (nSPS) is 10.5. The second kappa shape index (κ2) is 2.92. The first-order valence-electron chi connectivity index (χ1n) is 3.70. The number of benzene rings is 1. The summed E-state index contributed by atoms with van der Waals surface area (Å²) in [6, 6.07) is 4.23. The number of rotatable bonds is 1. The van der Waals surface area contributed by atoms with Gasteiger partial charge in [0.2, 0.25) is 0 Å². The van der Waals surface area contributed by atoms with Crippen LogP contribution in [0.2, 0.25) is 0 Å². The van der Waals surface area contributed by atoms with Crippen LogP contribution in [0.25, 0.3) is 9.65 Å². The summed E-state index contributed by atoms with van der Waals surface area (Å²) in [6.45, 7) is 2.05. The number of hydrogen-bond acceptors (Lipinski definition) is 2. The molecule has 3 heteroatoms. The first-order chi connectivity index (χ1) is 5.81. The Morgan fingerprint density at radius 1 is 1.42 bits per heavy atom. The van der Waals surface area contributed by atoms with E-state index in [1.54, 1.807) is 7.11 Å². The number of fused-ring (bicyclic) bond motifs is 1. The third-order valence-corrected chi connectivity index (χ3v) is 3.47. The van der Waals surface area contributed by atoms with E-state index in [-0.39, 0.29) is 14.7 Å². The Hall–Kier alpha value is -0.791. The summed E-state index contributed by atoms with van der Waals surface area (Å²) in [4.78, 5) is 0. The van der Waals surface area contributed by atoms with Crippen molar-refractivity contribution < 1.29 is 4.74 Å². The van der Waals surface area contributed by atoms with Crippen LogP contribution >= 0.6 is 0 Å². The molecule has 0 aliphatic carbocycles. The molecule has 0 fully saturated rings. The molecule has 0 unspecified atom stereocenters. The van der Waals surface area contributed by atoms with Gasteiger partial charge in [-0.15, -0.1) is 0 Å². The molecule has 0 spiro atoms. The van der Waals surface area contributed by atoms with Crippen molar-refractivity contribution in [2.75, 3.05) is 7.11 Å². The van der Waals surface area contributed by atoms with E-state index in [2.05, 4.69) is 23.0 Å². The Kier molecular flexibility index (Phi) is 1.91. The number of hydrogen-bond donors (Lipinski definition) is 0. The summed E-state index contributed by atoms with van der Waals surface area (Å²) in [5.74, 6) is 0.973. The average molecular weight is 226 g/mol. The number of aromatic nitrogens is 1. The second-order valence-electron chi connectivity index (χ2n) is 2.69. The Balaban J connectivity index is 2.73. The molecular formula is C9H9NOSe. The molecule has 2 rings (SSSR count). The summed E-state index contributed by atoms with van der Waals surface area (Å²) in [5, 5.41) is 1.26. The van der Waals surface area contributed by atoms with Gasteiger partial charge in [0.1, 0.15) is 0 Å². The maximum absolute atomic E-state index is 5.22. The fourth-order valence-corrected chi connectivity index (χ4v) is 2.61. The van der Waals surface area contributed by atoms with Crippen molar-refractivity contribution in [3.05, 3.63) is 23.9 Å². The van der Waals surface area contributed by atoms with E-state index < -0.39 is 0 Å². The van der Waals surface area contributed by atoms with Crippen LogP contribution < -0.4 is 4.74 Å². The number of methoxy groups -OCH3 is 1. The van der Waals surface area contributed by atoms with Gasteiger partial charge in [-0.2, -0.15) is 0 Å². The molecule has 1 aromatic heterocycles. The first-order valence-corrected chi connectivity index (χ1v) is 5.32. The molecule has 2 aromatic rings. The van der Waals surface area contributed by atoms with E-state index in [1.165, 1.54) is 15.2 Å². The maximum atomic E-state index is 5.22. The molecule has 1 heterocycles. The topological polar surface area (TPSA) is 22.1 Å². The first kappa shape index (κ1) is 7.84. The molecule has 0 N–H and O–H groups in total. The number of nitrogens with zero attached hydrogens (tertiary/aromatic N) is 1. The van der Waals surface area contributed by atoms with E-state index in [1.807, 2.05) is 6.20 Å². The van der Waals surface area contributed by atoms with E-state index in [0.717, 1.165) is 5.75 Å². The molecule has 1 aromatic carbocycles. The van der Waals surface area contributed by atoms with Crippen molar-refractivity contribution in [1.82, 2.24) is 3.98 Å². The number of ether oxygens (including phenoxy) is 1. The van der Waals surface area contributed by atoms with Gasteiger partial charge in [-0.3, -0.25) is 0 Å². The minimum atomic E-state index is 0.274. The van der Waals surface area contributed by atoms with E-state index in [4.69, 9.17) is 4.74 Å². The summed E-state index contributed by atoms with van der Waals surface area (Å²) in [5.41, 5.74) is 1.18. The molecule has 0 saturated carbocycles. The zero-order valence-electron chi connectivity index (χ0n) is 7.00. The summed E-state index contributed by atoms with van der Waals surface area (Å²) in [7, 11) is 1.71. The predicted octanol–water partition coefficient (Wildman–Crippen LogP) is 1.61. The molecule has 0 amide bonds. The zero-order valence-corrected chi connectivity index (χ0v) is 8.71. The van der Waals surface area contributed by atoms with Gasteiger partial charge in [-0.1, -0.05) is 0 Å². The van der Waals surface area contributed by atoms with Crippen LogP contribution in [0.4, 0.5) is 0 Å². The molecule has 0 aliphatic rings. The quantitative estimate of drug-likeness (QED) is 0.689. The third-order valence-electron chi connectivity index (χ3n) is 1.87. The summed E-state index contributed by atoms with van der Waals surface area (Å²) in [6.07, 6.45) is 1.95. The zero-order chi connectivity index (χ0) is 8.55.